The van der Waals surface area contributed by atoms with Crippen LogP contribution in [0.15, 0.2) is 42.5 Å². The Hall–Kier alpha value is -2.93. The van der Waals surface area contributed by atoms with Crippen LogP contribution in [0.3, 0.4) is 0 Å². The zero-order valence-corrected chi connectivity index (χ0v) is 13.7. The lowest BCUT2D eigenvalue weighted by Crippen LogP contribution is -2.20. The van der Waals surface area contributed by atoms with Crippen molar-refractivity contribution in [2.75, 3.05) is 17.7 Å². The molecule has 3 aromatic rings. The smallest absolute Gasteiger partial charge is 0.338 e. The Balaban J connectivity index is 1.58. The highest BCUT2D eigenvalue weighted by Crippen LogP contribution is 2.26. The number of carbonyl (C=O) groups excluding carboxylic acids is 2. The van der Waals surface area contributed by atoms with Crippen LogP contribution < -0.4 is 11.1 Å². The fourth-order valence-electron chi connectivity index (χ4n) is 2.07. The molecule has 0 fully saturated rings. The molecule has 7 heteroatoms. The fraction of sp³-hybridized carbons (Fsp3) is 0.118. The lowest BCUT2D eigenvalue weighted by atomic mass is 10.2. The Labute approximate surface area is 142 Å². The van der Waals surface area contributed by atoms with Crippen LogP contribution in [-0.4, -0.2) is 23.5 Å². The summed E-state index contributed by atoms with van der Waals surface area (Å²) in [5, 5.41) is 3.11. The normalized spacial score (nSPS) is 10.5. The van der Waals surface area contributed by atoms with E-state index in [1.165, 1.54) is 11.3 Å². The molecular formula is C17H15N3O3S. The van der Waals surface area contributed by atoms with Gasteiger partial charge in [-0.25, -0.2) is 9.78 Å². The van der Waals surface area contributed by atoms with Crippen LogP contribution in [0.5, 0.6) is 0 Å². The van der Waals surface area contributed by atoms with Gasteiger partial charge in [-0.1, -0.05) is 17.4 Å². The second kappa shape index (κ2) is 6.67. The zero-order valence-electron chi connectivity index (χ0n) is 12.9. The number of nitrogen functional groups attached to an aromatic ring is 1. The summed E-state index contributed by atoms with van der Waals surface area (Å²) in [5.74, 6) is -1.01. The summed E-state index contributed by atoms with van der Waals surface area (Å²) >= 11 is 1.37. The van der Waals surface area contributed by atoms with E-state index in [0.29, 0.717) is 16.4 Å². The largest absolute Gasteiger partial charge is 0.452 e. The lowest BCUT2D eigenvalue weighted by molar-refractivity contribution is -0.119. The number of aromatic nitrogens is 1. The van der Waals surface area contributed by atoms with Gasteiger partial charge in [-0.3, -0.25) is 10.1 Å². The molecule has 0 aliphatic heterocycles. The number of thiazole rings is 1. The van der Waals surface area contributed by atoms with Crippen molar-refractivity contribution in [1.82, 2.24) is 4.98 Å². The van der Waals surface area contributed by atoms with Gasteiger partial charge in [0.2, 0.25) is 0 Å². The average molecular weight is 341 g/mol. The second-order valence-corrected chi connectivity index (χ2v) is 6.27. The quantitative estimate of drug-likeness (QED) is 0.562. The molecule has 0 saturated heterocycles. The number of fused-ring (bicyclic) bond motifs is 1. The monoisotopic (exact) mass is 341 g/mol. The standard InChI is InChI=1S/C17H15N3O3S/c1-10-2-7-13-14(8-10)24-17(19-13)20-15(21)9-23-16(22)11-3-5-12(18)6-4-11/h2-8H,9,18H2,1H3,(H,19,20,21). The van der Waals surface area contributed by atoms with Gasteiger partial charge in [-0.2, -0.15) is 0 Å². The van der Waals surface area contributed by atoms with Crippen LogP contribution in [0.2, 0.25) is 0 Å². The highest BCUT2D eigenvalue weighted by atomic mass is 32.1. The minimum atomic E-state index is -0.579. The van der Waals surface area contributed by atoms with Gasteiger partial charge in [0.1, 0.15) is 0 Å². The zero-order chi connectivity index (χ0) is 17.1. The van der Waals surface area contributed by atoms with Crippen molar-refractivity contribution in [3.63, 3.8) is 0 Å². The van der Waals surface area contributed by atoms with Crippen LogP contribution in [0.4, 0.5) is 10.8 Å². The van der Waals surface area contributed by atoms with Crippen molar-refractivity contribution in [2.45, 2.75) is 6.92 Å². The summed E-state index contributed by atoms with van der Waals surface area (Å²) in [7, 11) is 0. The summed E-state index contributed by atoms with van der Waals surface area (Å²) in [6.45, 7) is 1.62. The topological polar surface area (TPSA) is 94.3 Å². The first-order chi connectivity index (χ1) is 11.5. The van der Waals surface area contributed by atoms with Crippen LogP contribution >= 0.6 is 11.3 Å². The molecule has 1 heterocycles. The first kappa shape index (κ1) is 15.9. The molecule has 0 bridgehead atoms. The Morgan fingerprint density at radius 3 is 2.71 bits per heavy atom. The number of nitrogens with zero attached hydrogens (tertiary/aromatic N) is 1. The molecule has 0 atom stereocenters. The minimum Gasteiger partial charge on any atom is -0.452 e. The van der Waals surface area contributed by atoms with Crippen molar-refractivity contribution in [2.24, 2.45) is 0 Å². The summed E-state index contributed by atoms with van der Waals surface area (Å²) in [6.07, 6.45) is 0. The Morgan fingerprint density at radius 1 is 1.21 bits per heavy atom. The van der Waals surface area contributed by atoms with E-state index in [1.807, 2.05) is 25.1 Å². The number of aryl methyl sites for hydroxylation is 1. The molecule has 1 amide bonds. The third-order valence-electron chi connectivity index (χ3n) is 3.27. The summed E-state index contributed by atoms with van der Waals surface area (Å²) < 4.78 is 5.97. The minimum absolute atomic E-state index is 0.340. The van der Waals surface area contributed by atoms with Crippen molar-refractivity contribution in [1.29, 1.82) is 0 Å². The van der Waals surface area contributed by atoms with Gasteiger partial charge in [0.05, 0.1) is 15.8 Å². The van der Waals surface area contributed by atoms with E-state index in [1.54, 1.807) is 24.3 Å². The highest BCUT2D eigenvalue weighted by Gasteiger charge is 2.12. The summed E-state index contributed by atoms with van der Waals surface area (Å²) in [4.78, 5) is 28.1. The fourth-order valence-corrected chi connectivity index (χ4v) is 3.05. The molecular weight excluding hydrogens is 326 g/mol. The number of nitrogens with one attached hydrogen (secondary N) is 1. The van der Waals surface area contributed by atoms with Gasteiger partial charge in [-0.05, 0) is 48.9 Å². The number of ether oxygens (including phenoxy) is 1. The highest BCUT2D eigenvalue weighted by molar-refractivity contribution is 7.22. The van der Waals surface area contributed by atoms with E-state index in [0.717, 1.165) is 15.8 Å². The number of amides is 1. The van der Waals surface area contributed by atoms with Crippen LogP contribution in [0.25, 0.3) is 10.2 Å². The number of hydrogen-bond acceptors (Lipinski definition) is 6. The SMILES string of the molecule is Cc1ccc2nc(NC(=O)COC(=O)c3ccc(N)cc3)sc2c1. The van der Waals surface area contributed by atoms with Gasteiger partial charge in [-0.15, -0.1) is 0 Å². The average Bonchev–Trinajstić information content (AvgIpc) is 2.94. The third kappa shape index (κ3) is 3.69. The van der Waals surface area contributed by atoms with Crippen LogP contribution in [-0.2, 0) is 9.53 Å². The molecule has 0 radical (unpaired) electrons. The van der Waals surface area contributed by atoms with Crippen LogP contribution in [0.1, 0.15) is 15.9 Å². The molecule has 0 saturated carbocycles. The van der Waals surface area contributed by atoms with E-state index < -0.39 is 11.9 Å². The molecule has 122 valence electrons. The number of carbonyl (C=O) groups is 2. The van der Waals surface area contributed by atoms with Gasteiger partial charge in [0, 0.05) is 5.69 Å². The lowest BCUT2D eigenvalue weighted by Gasteiger charge is -2.04. The van der Waals surface area contributed by atoms with E-state index in [-0.39, 0.29) is 6.61 Å². The predicted octanol–water partition coefficient (Wildman–Crippen LogP) is 2.98. The van der Waals surface area contributed by atoms with Gasteiger partial charge >= 0.3 is 5.97 Å². The van der Waals surface area contributed by atoms with E-state index in [4.69, 9.17) is 10.5 Å². The first-order valence-electron chi connectivity index (χ1n) is 7.21. The maximum Gasteiger partial charge on any atom is 0.338 e. The Kier molecular flexibility index (Phi) is 4.43. The summed E-state index contributed by atoms with van der Waals surface area (Å²) in [5.41, 5.74) is 8.39. The number of benzene rings is 2. The number of esters is 1. The molecule has 0 aliphatic rings. The van der Waals surface area contributed by atoms with Crippen LogP contribution in [0, 0.1) is 6.92 Å². The second-order valence-electron chi connectivity index (χ2n) is 5.24. The number of nitrogens with two attached hydrogens (primary N) is 1. The Bertz CT molecular complexity index is 903. The molecule has 3 N–H and O–H groups in total. The van der Waals surface area contributed by atoms with Gasteiger partial charge in [0.25, 0.3) is 5.91 Å². The maximum absolute atomic E-state index is 11.9. The molecule has 0 aliphatic carbocycles. The molecule has 3 rings (SSSR count). The molecule has 1 aromatic heterocycles. The molecule has 0 spiro atoms. The van der Waals surface area contributed by atoms with E-state index in [9.17, 15) is 9.59 Å². The van der Waals surface area contributed by atoms with E-state index >= 15 is 0 Å². The van der Waals surface area contributed by atoms with Crippen molar-refractivity contribution >= 4 is 44.2 Å². The van der Waals surface area contributed by atoms with Gasteiger partial charge in [0.15, 0.2) is 11.7 Å². The number of anilines is 2. The van der Waals surface area contributed by atoms with Gasteiger partial charge < -0.3 is 10.5 Å². The molecule has 0 unspecified atom stereocenters. The van der Waals surface area contributed by atoms with E-state index in [2.05, 4.69) is 10.3 Å². The third-order valence-corrected chi connectivity index (χ3v) is 4.20. The predicted molar refractivity (Wildman–Crippen MR) is 94.1 cm³/mol. The van der Waals surface area contributed by atoms with Crippen molar-refractivity contribution in [3.05, 3.63) is 53.6 Å². The van der Waals surface area contributed by atoms with Crippen molar-refractivity contribution < 1.29 is 14.3 Å². The summed E-state index contributed by atoms with van der Waals surface area (Å²) in [6, 6.07) is 12.2. The maximum atomic E-state index is 11.9. The Morgan fingerprint density at radius 2 is 1.96 bits per heavy atom. The molecule has 24 heavy (non-hydrogen) atoms. The first-order valence-corrected chi connectivity index (χ1v) is 8.02. The number of hydrogen-bond donors (Lipinski definition) is 2. The number of rotatable bonds is 4. The van der Waals surface area contributed by atoms with Crippen molar-refractivity contribution in [3.8, 4) is 0 Å². The molecule has 2 aromatic carbocycles. The molecule has 6 nitrogen and oxygen atoms in total.